The smallest absolute Gasteiger partial charge is 0.282 e. The predicted molar refractivity (Wildman–Crippen MR) is 0 cm³/mol. The lowest BCUT2D eigenvalue weighted by molar-refractivity contribution is -1.73. The lowest BCUT2D eigenvalue weighted by Crippen LogP contribution is -4.05. The van der Waals surface area contributed by atoms with Gasteiger partial charge in [0.05, 0.1) is 0 Å². The molecule has 0 spiro atoms. The first kappa shape index (κ1) is 23.0. The van der Waals surface area contributed by atoms with E-state index in [9.17, 15) is 0 Å². The summed E-state index contributed by atoms with van der Waals surface area (Å²) in [5.74, 6) is 0. The van der Waals surface area contributed by atoms with Gasteiger partial charge in [-0.05, 0) is 0 Å². The highest BCUT2D eigenvalue weighted by Gasteiger charge is 1.70. The Morgan fingerprint density at radius 2 is 0.500 bits per heavy atom. The molecule has 0 amide bonds. The number of rotatable bonds is 0. The van der Waals surface area contributed by atoms with E-state index >= 15 is 0 Å². The Labute approximate surface area is 109 Å². The zero-order valence-corrected chi connectivity index (χ0v) is 12.6. The summed E-state index contributed by atoms with van der Waals surface area (Å²) >= 11 is -8.03. The van der Waals surface area contributed by atoms with Gasteiger partial charge >= 0.3 is 0 Å². The number of halogens is 4. The van der Waals surface area contributed by atoms with Crippen LogP contribution < -0.4 is 111 Å². The Hall–Kier alpha value is 2.68. The van der Waals surface area contributed by atoms with Crippen molar-refractivity contribution in [3.63, 3.8) is 0 Å². The van der Waals surface area contributed by atoms with Crippen molar-refractivity contribution in [1.29, 1.82) is 0 Å². The molecule has 0 saturated carbocycles. The van der Waals surface area contributed by atoms with Gasteiger partial charge in [0.15, 0.2) is 0 Å². The molecule has 0 aromatic heterocycles. The molecule has 0 rings (SSSR count). The van der Waals surface area contributed by atoms with Gasteiger partial charge in [0.25, 0.3) is 42.1 Å². The van der Waals surface area contributed by atoms with Crippen LogP contribution in [0.3, 0.4) is 0 Å². The Morgan fingerprint density at radius 3 is 0.500 bits per heavy atom. The molecule has 0 aromatic carbocycles. The van der Waals surface area contributed by atoms with E-state index in [0.29, 0.717) is 0 Å². The standard InChI is InChI=1S/2IO3.2HI/c2*2-1(3)4;;/h;;2*1H/q2*-1;;/p-2. The van der Waals surface area contributed by atoms with E-state index in [4.69, 9.17) is 20.6 Å². The van der Waals surface area contributed by atoms with Crippen molar-refractivity contribution in [3.8, 4) is 0 Å². The summed E-state index contributed by atoms with van der Waals surface area (Å²) in [7, 11) is 0. The van der Waals surface area contributed by atoms with Gasteiger partial charge in [-0.2, -0.15) is 0 Å². The first-order valence-electron chi connectivity index (χ1n) is 0.926. The highest BCUT2D eigenvalue weighted by atomic mass is 127. The zero-order valence-electron chi connectivity index (χ0n) is 3.96. The quantitative estimate of drug-likeness (QED) is 0.252. The lowest BCUT2D eigenvalue weighted by atomic mass is 16.0. The highest BCUT2D eigenvalue weighted by Crippen LogP contribution is -0.133. The van der Waals surface area contributed by atoms with E-state index in [1.54, 1.807) is 0 Å². The van der Waals surface area contributed by atoms with Gasteiger partial charge in [0, 0.05) is 0 Å². The van der Waals surface area contributed by atoms with Crippen LogP contribution in [0.1, 0.15) is 0 Å². The van der Waals surface area contributed by atoms with Crippen LogP contribution in [0.2, 0.25) is 0 Å². The summed E-state index contributed by atoms with van der Waals surface area (Å²) in [5, 5.41) is 0. The molecule has 0 unspecified atom stereocenters. The summed E-state index contributed by atoms with van der Waals surface area (Å²) in [6, 6.07) is 0. The minimum atomic E-state index is -4.01. The molecule has 0 aliphatic carbocycles. The Kier molecular flexibility index (Phi) is 40.6. The zero-order chi connectivity index (χ0) is 7.15. The Bertz CT molecular complexity index is 25.2. The third-order valence-corrected chi connectivity index (χ3v) is 0. The number of hydrogen-bond donors (Lipinski definition) is 0. The molecule has 0 heterocycles. The van der Waals surface area contributed by atoms with Crippen molar-refractivity contribution in [3.05, 3.63) is 0 Å². The van der Waals surface area contributed by atoms with E-state index in [1.807, 2.05) is 0 Å². The molecule has 0 radical (unpaired) electrons. The van der Waals surface area contributed by atoms with Gasteiger partial charge in [-0.3, -0.25) is 0 Å². The van der Waals surface area contributed by atoms with Crippen molar-refractivity contribution < 1.29 is 111 Å². The normalized spacial score (nSPS) is 7.20. The molecular formula is I4O6-4. The molecule has 68 valence electrons. The first-order chi connectivity index (χ1) is 3.46. The van der Waals surface area contributed by atoms with Gasteiger partial charge in [-0.15, -0.1) is 0 Å². The van der Waals surface area contributed by atoms with Crippen molar-refractivity contribution >= 4 is 0 Å². The van der Waals surface area contributed by atoms with Crippen molar-refractivity contribution in [2.45, 2.75) is 0 Å². The second-order valence-electron chi connectivity index (χ2n) is 0.378. The summed E-state index contributed by atoms with van der Waals surface area (Å²) in [6.45, 7) is 0. The summed E-state index contributed by atoms with van der Waals surface area (Å²) in [4.78, 5) is 0. The van der Waals surface area contributed by atoms with Crippen LogP contribution in [0.15, 0.2) is 0 Å². The molecule has 0 bridgehead atoms. The highest BCUT2D eigenvalue weighted by molar-refractivity contribution is 1.74. The molecule has 10 heteroatoms. The van der Waals surface area contributed by atoms with Crippen LogP contribution in [-0.4, -0.2) is 0 Å². The van der Waals surface area contributed by atoms with Crippen LogP contribution >= 0.6 is 0 Å². The van der Waals surface area contributed by atoms with Crippen LogP contribution in [0.4, 0.5) is 0 Å². The fraction of sp³-hybridized carbons (Fsp3) is 0. The van der Waals surface area contributed by atoms with E-state index in [2.05, 4.69) is 0 Å². The Balaban J connectivity index is -0.0000000300. The van der Waals surface area contributed by atoms with Gasteiger partial charge < -0.3 is 68.6 Å². The average molecular weight is 604 g/mol. The largest absolute Gasteiger partial charge is 1.00 e. The first-order valence-corrected chi connectivity index (χ1v) is 6.21. The van der Waals surface area contributed by atoms with E-state index in [1.165, 1.54) is 0 Å². The van der Waals surface area contributed by atoms with Crippen LogP contribution in [-0.2, 0) is 0 Å². The van der Waals surface area contributed by atoms with Crippen molar-refractivity contribution in [2.75, 3.05) is 0 Å². The van der Waals surface area contributed by atoms with Crippen molar-refractivity contribution in [1.82, 2.24) is 0 Å². The fourth-order valence-electron chi connectivity index (χ4n) is 0. The predicted octanol–water partition coefficient (Wildman–Crippen LogP) is -19.1. The van der Waals surface area contributed by atoms with Gasteiger partial charge in [-0.25, -0.2) is 0 Å². The maximum atomic E-state index is 8.57. The molecular weight excluding hydrogens is 604 g/mol. The van der Waals surface area contributed by atoms with Crippen molar-refractivity contribution in [2.24, 2.45) is 0 Å². The van der Waals surface area contributed by atoms with E-state index in [0.717, 1.165) is 0 Å². The fourth-order valence-corrected chi connectivity index (χ4v) is 0. The van der Waals surface area contributed by atoms with Gasteiger partial charge in [0.1, 0.15) is 0 Å². The molecule has 0 atom stereocenters. The SMILES string of the molecule is [I-].[I-].[O-][I+2]([O-])[O-].[O-][I+2]([O-])[O-]. The minimum absolute atomic E-state index is 0. The molecule has 0 fully saturated rings. The van der Waals surface area contributed by atoms with E-state index in [-0.39, 0.29) is 48.0 Å². The maximum absolute atomic E-state index is 8.57. The Morgan fingerprint density at radius 1 is 0.500 bits per heavy atom. The molecule has 0 aromatic rings. The lowest BCUT2D eigenvalue weighted by Gasteiger charge is -1.84. The summed E-state index contributed by atoms with van der Waals surface area (Å²) in [6.07, 6.45) is 0. The molecule has 0 aliphatic heterocycles. The summed E-state index contributed by atoms with van der Waals surface area (Å²) < 4.78 is 51.4. The van der Waals surface area contributed by atoms with E-state index < -0.39 is 42.1 Å². The second kappa shape index (κ2) is 17.7. The molecule has 0 aliphatic rings. The minimum Gasteiger partial charge on any atom is -1.00 e. The molecule has 0 saturated heterocycles. The second-order valence-corrected chi connectivity index (χ2v) is 2.54. The average Bonchev–Trinajstić information content (AvgIpc) is 1.25. The monoisotopic (exact) mass is 604 g/mol. The molecule has 10 heavy (non-hydrogen) atoms. The van der Waals surface area contributed by atoms with Crippen LogP contribution in [0.5, 0.6) is 0 Å². The molecule has 6 nitrogen and oxygen atoms in total. The third kappa shape index (κ3) is 139. The van der Waals surface area contributed by atoms with Gasteiger partial charge in [0.2, 0.25) is 0 Å². The third-order valence-electron chi connectivity index (χ3n) is 0. The number of hydrogen-bond acceptors (Lipinski definition) is 6. The topological polar surface area (TPSA) is 138 Å². The molecule has 0 N–H and O–H groups in total. The summed E-state index contributed by atoms with van der Waals surface area (Å²) in [5.41, 5.74) is 0. The van der Waals surface area contributed by atoms with Crippen LogP contribution in [0, 0.1) is 0 Å². The van der Waals surface area contributed by atoms with Crippen LogP contribution in [0.25, 0.3) is 0 Å². The van der Waals surface area contributed by atoms with Gasteiger partial charge in [-0.1, -0.05) is 0 Å². The maximum Gasteiger partial charge on any atom is 0.282 e.